The van der Waals surface area contributed by atoms with Gasteiger partial charge in [0, 0.05) is 13.1 Å². The molecule has 18 heavy (non-hydrogen) atoms. The Hall–Kier alpha value is -1.36. The number of halogens is 1. The molecule has 0 spiro atoms. The molecule has 0 bridgehead atoms. The van der Waals surface area contributed by atoms with Gasteiger partial charge >= 0.3 is 0 Å². The maximum absolute atomic E-state index is 5.95. The summed E-state index contributed by atoms with van der Waals surface area (Å²) in [5.74, 6) is 0.873. The number of rotatable bonds is 1. The number of hydrogen-bond acceptors (Lipinski definition) is 4. The van der Waals surface area contributed by atoms with Crippen LogP contribution in [-0.2, 0) is 0 Å². The Morgan fingerprint density at radius 2 is 2.00 bits per heavy atom. The maximum Gasteiger partial charge on any atom is 0.226 e. The number of nitrogens with one attached hydrogen (secondary N) is 1. The molecular formula is C12H16ClN5. The van der Waals surface area contributed by atoms with E-state index in [4.69, 9.17) is 11.6 Å². The summed E-state index contributed by atoms with van der Waals surface area (Å²) >= 11 is 5.95. The van der Waals surface area contributed by atoms with Crippen molar-refractivity contribution in [2.75, 3.05) is 18.0 Å². The van der Waals surface area contributed by atoms with Gasteiger partial charge in [-0.3, -0.25) is 0 Å². The molecule has 2 aromatic heterocycles. The van der Waals surface area contributed by atoms with Crippen LogP contribution in [0.2, 0.25) is 5.28 Å². The molecule has 0 unspecified atom stereocenters. The number of nitrogens with zero attached hydrogens (tertiary/aromatic N) is 4. The van der Waals surface area contributed by atoms with Crippen LogP contribution in [0.3, 0.4) is 0 Å². The van der Waals surface area contributed by atoms with Crippen LogP contribution in [0.15, 0.2) is 6.33 Å². The SMILES string of the molecule is CC1(C)CCN(c2nc(Cl)nc3nc[nH]c23)CC1. The molecule has 2 aromatic rings. The predicted molar refractivity (Wildman–Crippen MR) is 71.9 cm³/mol. The number of H-pyrrole nitrogens is 1. The van der Waals surface area contributed by atoms with Gasteiger partial charge in [0.15, 0.2) is 11.5 Å². The highest BCUT2D eigenvalue weighted by molar-refractivity contribution is 6.28. The van der Waals surface area contributed by atoms with E-state index in [2.05, 4.69) is 38.7 Å². The summed E-state index contributed by atoms with van der Waals surface area (Å²) in [4.78, 5) is 18.0. The predicted octanol–water partition coefficient (Wildman–Crippen LogP) is 2.63. The van der Waals surface area contributed by atoms with Crippen LogP contribution in [0.1, 0.15) is 26.7 Å². The molecular weight excluding hydrogens is 250 g/mol. The Kier molecular flexibility index (Phi) is 2.66. The molecule has 0 atom stereocenters. The molecule has 1 fully saturated rings. The van der Waals surface area contributed by atoms with Crippen molar-refractivity contribution in [3.8, 4) is 0 Å². The highest BCUT2D eigenvalue weighted by Crippen LogP contribution is 2.33. The number of anilines is 1. The molecule has 0 radical (unpaired) electrons. The monoisotopic (exact) mass is 265 g/mol. The highest BCUT2D eigenvalue weighted by atomic mass is 35.5. The normalized spacial score (nSPS) is 19.4. The van der Waals surface area contributed by atoms with E-state index in [-0.39, 0.29) is 5.28 Å². The van der Waals surface area contributed by atoms with E-state index in [1.54, 1.807) is 6.33 Å². The number of piperidine rings is 1. The number of hydrogen-bond donors (Lipinski definition) is 1. The summed E-state index contributed by atoms with van der Waals surface area (Å²) in [6.07, 6.45) is 3.95. The van der Waals surface area contributed by atoms with Gasteiger partial charge in [-0.05, 0) is 29.9 Å². The van der Waals surface area contributed by atoms with Crippen molar-refractivity contribution < 1.29 is 0 Å². The van der Waals surface area contributed by atoms with E-state index in [1.165, 1.54) is 0 Å². The maximum atomic E-state index is 5.95. The Balaban J connectivity index is 1.97. The average Bonchev–Trinajstić information content (AvgIpc) is 2.76. The Morgan fingerprint density at radius 3 is 2.72 bits per heavy atom. The van der Waals surface area contributed by atoms with Crippen molar-refractivity contribution in [2.45, 2.75) is 26.7 Å². The third-order valence-corrected chi connectivity index (χ3v) is 3.82. The highest BCUT2D eigenvalue weighted by Gasteiger charge is 2.27. The first kappa shape index (κ1) is 11.7. The summed E-state index contributed by atoms with van der Waals surface area (Å²) in [6.45, 7) is 6.61. The van der Waals surface area contributed by atoms with E-state index in [9.17, 15) is 0 Å². The van der Waals surface area contributed by atoms with Gasteiger partial charge in [-0.25, -0.2) is 4.98 Å². The zero-order valence-electron chi connectivity index (χ0n) is 10.6. The molecule has 0 saturated carbocycles. The first-order chi connectivity index (χ1) is 8.55. The van der Waals surface area contributed by atoms with Gasteiger partial charge in [-0.2, -0.15) is 9.97 Å². The van der Waals surface area contributed by atoms with Gasteiger partial charge in [0.2, 0.25) is 5.28 Å². The Labute approximate surface area is 111 Å². The number of imidazole rings is 1. The quantitative estimate of drug-likeness (QED) is 0.806. The van der Waals surface area contributed by atoms with Gasteiger partial charge in [-0.1, -0.05) is 13.8 Å². The van der Waals surface area contributed by atoms with E-state index < -0.39 is 0 Å². The first-order valence-corrected chi connectivity index (χ1v) is 6.55. The summed E-state index contributed by atoms with van der Waals surface area (Å²) < 4.78 is 0. The average molecular weight is 266 g/mol. The molecule has 1 aliphatic rings. The Bertz CT molecular complexity index is 567. The van der Waals surface area contributed by atoms with Crippen LogP contribution in [0.25, 0.3) is 11.2 Å². The minimum atomic E-state index is 0.259. The fraction of sp³-hybridized carbons (Fsp3) is 0.583. The molecule has 3 rings (SSSR count). The fourth-order valence-corrected chi connectivity index (χ4v) is 2.50. The zero-order valence-corrected chi connectivity index (χ0v) is 11.3. The van der Waals surface area contributed by atoms with Gasteiger partial charge in [0.05, 0.1) is 6.33 Å². The molecule has 1 N–H and O–H groups in total. The smallest absolute Gasteiger partial charge is 0.226 e. The van der Waals surface area contributed by atoms with E-state index in [0.717, 1.165) is 37.3 Å². The lowest BCUT2D eigenvalue weighted by Crippen LogP contribution is -2.38. The Morgan fingerprint density at radius 1 is 1.28 bits per heavy atom. The summed E-state index contributed by atoms with van der Waals surface area (Å²) in [7, 11) is 0. The number of aromatic amines is 1. The van der Waals surface area contributed by atoms with E-state index >= 15 is 0 Å². The van der Waals surface area contributed by atoms with Crippen LogP contribution in [-0.4, -0.2) is 33.0 Å². The topological polar surface area (TPSA) is 57.7 Å². The third-order valence-electron chi connectivity index (χ3n) is 3.66. The van der Waals surface area contributed by atoms with Crippen molar-refractivity contribution in [3.63, 3.8) is 0 Å². The molecule has 3 heterocycles. The molecule has 0 aliphatic carbocycles. The molecule has 5 nitrogen and oxygen atoms in total. The van der Waals surface area contributed by atoms with Gasteiger partial charge < -0.3 is 9.88 Å². The van der Waals surface area contributed by atoms with Crippen LogP contribution >= 0.6 is 11.6 Å². The van der Waals surface area contributed by atoms with Crippen molar-refractivity contribution in [1.29, 1.82) is 0 Å². The fourth-order valence-electron chi connectivity index (χ4n) is 2.34. The summed E-state index contributed by atoms with van der Waals surface area (Å²) in [5, 5.41) is 0.259. The van der Waals surface area contributed by atoms with E-state index in [0.29, 0.717) is 11.1 Å². The minimum Gasteiger partial charge on any atom is -0.355 e. The third kappa shape index (κ3) is 2.03. The van der Waals surface area contributed by atoms with E-state index in [1.807, 2.05) is 0 Å². The van der Waals surface area contributed by atoms with Crippen LogP contribution in [0.5, 0.6) is 0 Å². The molecule has 0 aromatic carbocycles. The lowest BCUT2D eigenvalue weighted by Gasteiger charge is -2.37. The molecule has 1 saturated heterocycles. The second kappa shape index (κ2) is 4.09. The van der Waals surface area contributed by atoms with Crippen LogP contribution in [0, 0.1) is 5.41 Å². The lowest BCUT2D eigenvalue weighted by molar-refractivity contribution is 0.279. The molecule has 96 valence electrons. The number of aromatic nitrogens is 4. The molecule has 1 aliphatic heterocycles. The zero-order chi connectivity index (χ0) is 12.8. The second-order valence-electron chi connectivity index (χ2n) is 5.57. The largest absolute Gasteiger partial charge is 0.355 e. The van der Waals surface area contributed by atoms with Crippen molar-refractivity contribution in [3.05, 3.63) is 11.6 Å². The first-order valence-electron chi connectivity index (χ1n) is 6.17. The van der Waals surface area contributed by atoms with Gasteiger partial charge in [0.25, 0.3) is 0 Å². The van der Waals surface area contributed by atoms with Crippen molar-refractivity contribution in [2.24, 2.45) is 5.41 Å². The minimum absolute atomic E-state index is 0.259. The van der Waals surface area contributed by atoms with Crippen LogP contribution < -0.4 is 4.90 Å². The lowest BCUT2D eigenvalue weighted by atomic mass is 9.83. The molecule has 0 amide bonds. The van der Waals surface area contributed by atoms with Gasteiger partial charge in [0.1, 0.15) is 5.52 Å². The second-order valence-corrected chi connectivity index (χ2v) is 5.91. The number of fused-ring (bicyclic) bond motifs is 1. The summed E-state index contributed by atoms with van der Waals surface area (Å²) in [6, 6.07) is 0. The van der Waals surface area contributed by atoms with Crippen molar-refractivity contribution in [1.82, 2.24) is 19.9 Å². The summed E-state index contributed by atoms with van der Waals surface area (Å²) in [5.41, 5.74) is 1.93. The van der Waals surface area contributed by atoms with Gasteiger partial charge in [-0.15, -0.1) is 0 Å². The standard InChI is InChI=1S/C12H16ClN5/c1-12(2)3-5-18(6-4-12)10-8-9(15-7-14-8)16-11(13)17-10/h7H,3-6H2,1-2H3,(H,14,15,16,17). The molecule has 6 heteroatoms. The van der Waals surface area contributed by atoms with Crippen molar-refractivity contribution >= 4 is 28.6 Å². The van der Waals surface area contributed by atoms with Crippen LogP contribution in [0.4, 0.5) is 5.82 Å².